The summed E-state index contributed by atoms with van der Waals surface area (Å²) in [5.74, 6) is -1.80. The van der Waals surface area contributed by atoms with E-state index in [1.165, 1.54) is 89.3 Å². The Morgan fingerprint density at radius 1 is 0.543 bits per heavy atom. The molecule has 0 spiro atoms. The van der Waals surface area contributed by atoms with Crippen LogP contribution in [0.5, 0.6) is 11.5 Å². The lowest BCUT2D eigenvalue weighted by atomic mass is 9.82. The Kier molecular flexibility index (Phi) is 8.95. The van der Waals surface area contributed by atoms with Gasteiger partial charge in [0.2, 0.25) is 0 Å². The van der Waals surface area contributed by atoms with Crippen LogP contribution in [-0.2, 0) is 18.5 Å². The minimum Gasteiger partial charge on any atom is -0.457 e. The molecule has 0 fully saturated rings. The van der Waals surface area contributed by atoms with Crippen LogP contribution < -0.4 is 4.74 Å². The summed E-state index contributed by atoms with van der Waals surface area (Å²) in [6, 6.07) is 21.5. The fraction of sp³-hybridized carbons (Fsp3) is 0.0882. The quantitative estimate of drug-likeness (QED) is 0.0980. The van der Waals surface area contributed by atoms with Gasteiger partial charge < -0.3 is 4.74 Å². The van der Waals surface area contributed by atoms with Crippen molar-refractivity contribution < 1.29 is 49.0 Å². The summed E-state index contributed by atoms with van der Waals surface area (Å²) in [4.78, 5) is 14.4. The van der Waals surface area contributed by atoms with Crippen molar-refractivity contribution in [3.63, 3.8) is 0 Å². The first kappa shape index (κ1) is 33.0. The van der Waals surface area contributed by atoms with Crippen LogP contribution in [-0.4, -0.2) is 5.78 Å². The third-order valence-electron chi connectivity index (χ3n) is 6.90. The summed E-state index contributed by atoms with van der Waals surface area (Å²) in [5, 5.41) is 0. The standard InChI is InChI=1S/C34H18F9IO2/c35-32(36,37)21-15-17-22(18-16-21)46-24-14-8-7-13-23(24)31(45)27-25(19-9-3-1-4-10-19)30(44)29(34(41,42)43)26(28(27)33(38,39)40)20-11-5-2-6-12-20/h1-18H. The first-order chi connectivity index (χ1) is 21.6. The fourth-order valence-electron chi connectivity index (χ4n) is 4.98. The molecular formula is C34H18F9IO2. The Morgan fingerprint density at radius 2 is 1.02 bits per heavy atom. The van der Waals surface area contributed by atoms with Gasteiger partial charge in [0.05, 0.1) is 22.3 Å². The Balaban J connectivity index is 1.84. The zero-order chi connectivity index (χ0) is 33.4. The first-order valence-corrected chi connectivity index (χ1v) is 14.3. The second kappa shape index (κ2) is 12.5. The monoisotopic (exact) mass is 756 g/mol. The highest BCUT2D eigenvalue weighted by Crippen LogP contribution is 2.52. The largest absolute Gasteiger partial charge is 0.457 e. The van der Waals surface area contributed by atoms with Crippen LogP contribution in [0.3, 0.4) is 0 Å². The van der Waals surface area contributed by atoms with E-state index >= 15 is 13.2 Å². The number of hydrogen-bond donors (Lipinski definition) is 0. The smallest absolute Gasteiger partial charge is 0.418 e. The van der Waals surface area contributed by atoms with Gasteiger partial charge in [-0.1, -0.05) is 72.8 Å². The van der Waals surface area contributed by atoms with E-state index in [1.54, 1.807) is 0 Å². The zero-order valence-electron chi connectivity index (χ0n) is 23.0. The second-order valence-corrected chi connectivity index (χ2v) is 10.9. The predicted molar refractivity (Wildman–Crippen MR) is 161 cm³/mol. The molecule has 0 unspecified atom stereocenters. The average molecular weight is 756 g/mol. The third-order valence-corrected chi connectivity index (χ3v) is 7.98. The molecule has 12 heteroatoms. The average Bonchev–Trinajstić information content (AvgIpc) is 3.00. The maximum Gasteiger partial charge on any atom is 0.418 e. The summed E-state index contributed by atoms with van der Waals surface area (Å²) in [6.45, 7) is 0. The maximum atomic E-state index is 15.2. The van der Waals surface area contributed by atoms with Crippen LogP contribution >= 0.6 is 22.6 Å². The molecule has 46 heavy (non-hydrogen) atoms. The number of carbonyl (C=O) groups is 1. The van der Waals surface area contributed by atoms with E-state index in [-0.39, 0.29) is 17.1 Å². The molecule has 0 bridgehead atoms. The van der Waals surface area contributed by atoms with Crippen molar-refractivity contribution in [2.75, 3.05) is 0 Å². The van der Waals surface area contributed by atoms with Gasteiger partial charge in [-0.05, 0) is 70.1 Å². The molecule has 0 atom stereocenters. The molecule has 0 aliphatic heterocycles. The van der Waals surface area contributed by atoms with Crippen molar-refractivity contribution in [1.82, 2.24) is 0 Å². The van der Waals surface area contributed by atoms with Gasteiger partial charge in [-0.3, -0.25) is 4.79 Å². The molecule has 236 valence electrons. The summed E-state index contributed by atoms with van der Waals surface area (Å²) >= 11 is 1.32. The Labute approximate surface area is 269 Å². The molecule has 0 radical (unpaired) electrons. The van der Waals surface area contributed by atoms with E-state index in [0.29, 0.717) is 0 Å². The van der Waals surface area contributed by atoms with Crippen molar-refractivity contribution in [3.05, 3.63) is 141 Å². The minimum absolute atomic E-state index is 0.0769. The van der Waals surface area contributed by atoms with Crippen molar-refractivity contribution in [1.29, 1.82) is 0 Å². The fourth-order valence-corrected chi connectivity index (χ4v) is 6.14. The molecule has 5 aromatic carbocycles. The number of ether oxygens (including phenoxy) is 1. The number of alkyl halides is 9. The molecule has 0 saturated carbocycles. The number of rotatable bonds is 6. The van der Waals surface area contributed by atoms with Crippen LogP contribution in [0.4, 0.5) is 39.5 Å². The summed E-state index contributed by atoms with van der Waals surface area (Å²) < 4.78 is 134. The Hall–Kier alpha value is -4.33. The zero-order valence-corrected chi connectivity index (χ0v) is 25.1. The van der Waals surface area contributed by atoms with E-state index in [4.69, 9.17) is 4.74 Å². The molecule has 0 aliphatic carbocycles. The normalized spacial score (nSPS) is 12.2. The minimum atomic E-state index is -5.47. The lowest BCUT2D eigenvalue weighted by molar-refractivity contribution is -0.142. The summed E-state index contributed by atoms with van der Waals surface area (Å²) in [5.41, 5.74) is -8.13. The lowest BCUT2D eigenvalue weighted by Gasteiger charge is -2.27. The summed E-state index contributed by atoms with van der Waals surface area (Å²) in [7, 11) is 0. The third kappa shape index (κ3) is 6.62. The van der Waals surface area contributed by atoms with Gasteiger partial charge in [-0.2, -0.15) is 39.5 Å². The lowest BCUT2D eigenvalue weighted by Crippen LogP contribution is -2.23. The van der Waals surface area contributed by atoms with Crippen LogP contribution in [0.15, 0.2) is 109 Å². The molecule has 5 aromatic rings. The van der Waals surface area contributed by atoms with Gasteiger partial charge in [0.1, 0.15) is 11.5 Å². The molecule has 0 heterocycles. The number of halogens is 10. The van der Waals surface area contributed by atoms with Crippen molar-refractivity contribution in [2.24, 2.45) is 0 Å². The van der Waals surface area contributed by atoms with Crippen LogP contribution in [0.25, 0.3) is 22.3 Å². The van der Waals surface area contributed by atoms with Gasteiger partial charge in [-0.25, -0.2) is 0 Å². The highest BCUT2D eigenvalue weighted by molar-refractivity contribution is 14.1. The van der Waals surface area contributed by atoms with Crippen molar-refractivity contribution >= 4 is 28.4 Å². The number of carbonyl (C=O) groups excluding carboxylic acids is 1. The van der Waals surface area contributed by atoms with E-state index in [0.717, 1.165) is 42.5 Å². The number of benzene rings is 5. The molecule has 0 aromatic heterocycles. The Bertz CT molecular complexity index is 1880. The van der Waals surface area contributed by atoms with Crippen molar-refractivity contribution in [2.45, 2.75) is 18.5 Å². The first-order valence-electron chi connectivity index (χ1n) is 13.2. The number of ketones is 1. The van der Waals surface area contributed by atoms with E-state index < -0.39 is 72.4 Å². The molecule has 0 amide bonds. The van der Waals surface area contributed by atoms with Gasteiger partial charge >= 0.3 is 18.5 Å². The molecule has 0 N–H and O–H groups in total. The molecule has 0 aliphatic rings. The van der Waals surface area contributed by atoms with Gasteiger partial charge in [0, 0.05) is 20.3 Å². The van der Waals surface area contributed by atoms with Gasteiger partial charge in [0.15, 0.2) is 5.78 Å². The summed E-state index contributed by atoms with van der Waals surface area (Å²) in [6.07, 6.45) is -15.4. The topological polar surface area (TPSA) is 26.3 Å². The van der Waals surface area contributed by atoms with E-state index in [1.807, 2.05) is 0 Å². The molecule has 5 rings (SSSR count). The van der Waals surface area contributed by atoms with Crippen molar-refractivity contribution in [3.8, 4) is 33.8 Å². The maximum absolute atomic E-state index is 15.2. The van der Waals surface area contributed by atoms with Crippen LogP contribution in [0.1, 0.15) is 32.6 Å². The number of hydrogen-bond acceptors (Lipinski definition) is 2. The highest BCUT2D eigenvalue weighted by Gasteiger charge is 2.48. The van der Waals surface area contributed by atoms with Crippen LogP contribution in [0, 0.1) is 3.57 Å². The SMILES string of the molecule is O=C(c1ccccc1Oc1ccc(C(F)(F)F)cc1)c1c(-c2ccccc2)c(I)c(C(F)(F)F)c(-c2ccccc2)c1C(F)(F)F. The van der Waals surface area contributed by atoms with E-state index in [9.17, 15) is 31.1 Å². The molecule has 0 saturated heterocycles. The highest BCUT2D eigenvalue weighted by atomic mass is 127. The second-order valence-electron chi connectivity index (χ2n) is 9.87. The predicted octanol–water partition coefficient (Wildman–Crippen LogP) is 11.7. The van der Waals surface area contributed by atoms with Gasteiger partial charge in [-0.15, -0.1) is 0 Å². The molecular weight excluding hydrogens is 738 g/mol. The van der Waals surface area contributed by atoms with Crippen LogP contribution in [0.2, 0.25) is 0 Å². The van der Waals surface area contributed by atoms with Gasteiger partial charge in [0.25, 0.3) is 0 Å². The number of para-hydroxylation sites is 1. The van der Waals surface area contributed by atoms with E-state index in [2.05, 4.69) is 0 Å². The Morgan fingerprint density at radius 3 is 1.52 bits per heavy atom. The molecule has 2 nitrogen and oxygen atoms in total.